The fourth-order valence-electron chi connectivity index (χ4n) is 4.80. The van der Waals surface area contributed by atoms with Crippen LogP contribution in [0, 0.1) is 0 Å². The Bertz CT molecular complexity index is 1100. The number of amides is 1. The van der Waals surface area contributed by atoms with Gasteiger partial charge in [-0.2, -0.15) is 0 Å². The summed E-state index contributed by atoms with van der Waals surface area (Å²) >= 11 is 0. The van der Waals surface area contributed by atoms with Crippen molar-refractivity contribution in [1.82, 2.24) is 18.9 Å². The third-order valence-corrected chi connectivity index (χ3v) is 8.27. The first-order valence-corrected chi connectivity index (χ1v) is 12.3. The van der Waals surface area contributed by atoms with Gasteiger partial charge in [-0.3, -0.25) is 18.8 Å². The van der Waals surface area contributed by atoms with Crippen molar-refractivity contribution in [3.8, 4) is 0 Å². The van der Waals surface area contributed by atoms with Gasteiger partial charge >= 0.3 is 5.69 Å². The predicted octanol–water partition coefficient (Wildman–Crippen LogP) is 1.13. The lowest BCUT2D eigenvalue weighted by Gasteiger charge is -2.40. The summed E-state index contributed by atoms with van der Waals surface area (Å²) in [5.74, 6) is -0.886. The molecular weight excluding hydrogens is 404 g/mol. The second-order valence-electron chi connectivity index (χ2n) is 8.52. The van der Waals surface area contributed by atoms with E-state index in [4.69, 9.17) is 0 Å². The molecule has 1 aliphatic heterocycles. The number of carbonyl (C=O) groups excluding carboxylic acids is 1. The van der Waals surface area contributed by atoms with E-state index in [9.17, 15) is 18.0 Å². The van der Waals surface area contributed by atoms with Crippen LogP contribution in [0.5, 0.6) is 0 Å². The molecule has 1 saturated heterocycles. The Morgan fingerprint density at radius 1 is 0.967 bits per heavy atom. The Kier molecular flexibility index (Phi) is 5.76. The largest absolute Gasteiger partial charge is 0.339 e. The Hall–Kier alpha value is -2.13. The molecule has 0 unspecified atom stereocenters. The van der Waals surface area contributed by atoms with Crippen molar-refractivity contribution in [3.63, 3.8) is 0 Å². The molecule has 8 nitrogen and oxygen atoms in total. The van der Waals surface area contributed by atoms with Crippen LogP contribution in [-0.2, 0) is 28.7 Å². The van der Waals surface area contributed by atoms with Gasteiger partial charge in [0.2, 0.25) is 5.91 Å². The van der Waals surface area contributed by atoms with Crippen LogP contribution in [0.4, 0.5) is 0 Å². The lowest BCUT2D eigenvalue weighted by Crippen LogP contribution is -2.53. The first-order chi connectivity index (χ1) is 14.3. The average molecular weight is 435 g/mol. The normalized spacial score (nSPS) is 19.5. The van der Waals surface area contributed by atoms with Crippen molar-refractivity contribution in [2.24, 2.45) is 14.1 Å². The lowest BCUT2D eigenvalue weighted by molar-refractivity contribution is -0.130. The average Bonchev–Trinajstić information content (AvgIpc) is 2.98. The fraction of sp³-hybridized carbons (Fsp3) is 0.619. The highest BCUT2D eigenvalue weighted by atomic mass is 32.2. The van der Waals surface area contributed by atoms with Gasteiger partial charge in [0.25, 0.3) is 0 Å². The van der Waals surface area contributed by atoms with Crippen LogP contribution in [0.15, 0.2) is 27.9 Å². The van der Waals surface area contributed by atoms with Crippen LogP contribution < -0.4 is 5.69 Å². The highest BCUT2D eigenvalue weighted by molar-refractivity contribution is 7.92. The summed E-state index contributed by atoms with van der Waals surface area (Å²) in [6, 6.07) is 5.20. The second kappa shape index (κ2) is 8.19. The van der Waals surface area contributed by atoms with Gasteiger partial charge in [0, 0.05) is 46.3 Å². The first-order valence-electron chi connectivity index (χ1n) is 10.7. The Morgan fingerprint density at radius 2 is 1.60 bits per heavy atom. The molecule has 30 heavy (non-hydrogen) atoms. The molecule has 0 N–H and O–H groups in total. The van der Waals surface area contributed by atoms with Gasteiger partial charge in [0.15, 0.2) is 9.84 Å². The summed E-state index contributed by atoms with van der Waals surface area (Å²) in [6.07, 6.45) is 6.33. The standard InChI is InChI=1S/C21H30N4O4S/c1-22-18-9-8-17(14-19(18)23(2)21(22)27)30(28,29)15-20(26)25-12-10-24(11-13-25)16-6-4-3-5-7-16/h8-9,14,16H,3-7,10-13,15H2,1-2H3. The smallest absolute Gasteiger partial charge is 0.328 e. The van der Waals surface area contributed by atoms with Gasteiger partial charge in [-0.05, 0) is 31.0 Å². The number of piperazine rings is 1. The molecule has 2 aromatic rings. The zero-order valence-corrected chi connectivity index (χ0v) is 18.5. The minimum absolute atomic E-state index is 0.0744. The van der Waals surface area contributed by atoms with Crippen molar-refractivity contribution < 1.29 is 13.2 Å². The molecule has 0 radical (unpaired) electrons. The number of carbonyl (C=O) groups is 1. The molecule has 2 fully saturated rings. The van der Waals surface area contributed by atoms with E-state index in [0.29, 0.717) is 30.2 Å². The van der Waals surface area contributed by atoms with Gasteiger partial charge in [-0.1, -0.05) is 19.3 Å². The predicted molar refractivity (Wildman–Crippen MR) is 115 cm³/mol. The molecule has 1 aromatic heterocycles. The number of rotatable bonds is 4. The molecule has 1 aromatic carbocycles. The van der Waals surface area contributed by atoms with E-state index in [0.717, 1.165) is 13.1 Å². The summed E-state index contributed by atoms with van der Waals surface area (Å²) in [5, 5.41) is 0. The van der Waals surface area contributed by atoms with Crippen molar-refractivity contribution in [2.75, 3.05) is 31.9 Å². The summed E-state index contributed by atoms with van der Waals surface area (Å²) in [4.78, 5) is 29.0. The SMILES string of the molecule is Cn1c(=O)n(C)c2cc(S(=O)(=O)CC(=O)N3CCN(C4CCCCC4)CC3)ccc21. The number of fused-ring (bicyclic) bond motifs is 1. The maximum atomic E-state index is 12.9. The topological polar surface area (TPSA) is 84.6 Å². The van der Waals surface area contributed by atoms with Crippen LogP contribution in [0.3, 0.4) is 0 Å². The molecule has 1 amide bonds. The highest BCUT2D eigenvalue weighted by Crippen LogP contribution is 2.24. The van der Waals surface area contributed by atoms with Crippen LogP contribution >= 0.6 is 0 Å². The molecule has 2 aliphatic rings. The van der Waals surface area contributed by atoms with Gasteiger partial charge in [0.05, 0.1) is 15.9 Å². The number of hydrogen-bond donors (Lipinski definition) is 0. The molecule has 1 saturated carbocycles. The van der Waals surface area contributed by atoms with Crippen molar-refractivity contribution in [2.45, 2.75) is 43.0 Å². The van der Waals surface area contributed by atoms with Crippen molar-refractivity contribution in [3.05, 3.63) is 28.7 Å². The van der Waals surface area contributed by atoms with Crippen LogP contribution in [0.1, 0.15) is 32.1 Å². The molecule has 2 heterocycles. The molecule has 164 valence electrons. The quantitative estimate of drug-likeness (QED) is 0.720. The van der Waals surface area contributed by atoms with Crippen molar-refractivity contribution in [1.29, 1.82) is 0 Å². The molecule has 0 spiro atoms. The molecular formula is C21H30N4O4S. The molecule has 0 atom stereocenters. The van der Waals surface area contributed by atoms with Gasteiger partial charge in [0.1, 0.15) is 5.75 Å². The lowest BCUT2D eigenvalue weighted by atomic mass is 9.94. The van der Waals surface area contributed by atoms with E-state index in [-0.39, 0.29) is 16.5 Å². The summed E-state index contributed by atoms with van der Waals surface area (Å²) in [6.45, 7) is 2.79. The fourth-order valence-corrected chi connectivity index (χ4v) is 6.04. The molecule has 0 bridgehead atoms. The minimum atomic E-state index is -3.78. The highest BCUT2D eigenvalue weighted by Gasteiger charge is 2.29. The number of aryl methyl sites for hydroxylation is 2. The van der Waals surface area contributed by atoms with E-state index < -0.39 is 15.6 Å². The minimum Gasteiger partial charge on any atom is -0.339 e. The number of imidazole rings is 1. The molecule has 9 heteroatoms. The number of nitrogens with zero attached hydrogens (tertiary/aromatic N) is 4. The van der Waals surface area contributed by atoms with Crippen LogP contribution in [0.25, 0.3) is 11.0 Å². The number of benzene rings is 1. The van der Waals surface area contributed by atoms with Gasteiger partial charge < -0.3 is 4.90 Å². The third kappa shape index (κ3) is 3.92. The maximum absolute atomic E-state index is 12.9. The Morgan fingerprint density at radius 3 is 2.27 bits per heavy atom. The summed E-state index contributed by atoms with van der Waals surface area (Å²) in [5.41, 5.74) is 0.982. The zero-order chi connectivity index (χ0) is 21.5. The van der Waals surface area contributed by atoms with Gasteiger partial charge in [-0.25, -0.2) is 13.2 Å². The number of aromatic nitrogens is 2. The third-order valence-electron chi connectivity index (χ3n) is 6.67. The van der Waals surface area contributed by atoms with E-state index in [1.165, 1.54) is 53.4 Å². The maximum Gasteiger partial charge on any atom is 0.328 e. The summed E-state index contributed by atoms with van der Waals surface area (Å²) < 4.78 is 28.7. The monoisotopic (exact) mass is 434 g/mol. The first kappa shape index (κ1) is 21.1. The number of sulfone groups is 1. The molecule has 4 rings (SSSR count). The van der Waals surface area contributed by atoms with E-state index in [1.54, 1.807) is 25.1 Å². The summed E-state index contributed by atoms with van der Waals surface area (Å²) in [7, 11) is -0.527. The van der Waals surface area contributed by atoms with E-state index >= 15 is 0 Å². The van der Waals surface area contributed by atoms with Gasteiger partial charge in [-0.15, -0.1) is 0 Å². The van der Waals surface area contributed by atoms with Crippen LogP contribution in [0.2, 0.25) is 0 Å². The van der Waals surface area contributed by atoms with Crippen molar-refractivity contribution >= 4 is 26.8 Å². The van der Waals surface area contributed by atoms with E-state index in [2.05, 4.69) is 4.90 Å². The second-order valence-corrected chi connectivity index (χ2v) is 10.5. The van der Waals surface area contributed by atoms with E-state index in [1.807, 2.05) is 0 Å². The number of hydrogen-bond acceptors (Lipinski definition) is 5. The molecule has 1 aliphatic carbocycles. The Labute approximate surface area is 177 Å². The Balaban J connectivity index is 1.43. The zero-order valence-electron chi connectivity index (χ0n) is 17.7. The van der Waals surface area contributed by atoms with Crippen LogP contribution in [-0.4, -0.2) is 71.2 Å².